The number of hydrogen-bond acceptors (Lipinski definition) is 2. The van der Waals surface area contributed by atoms with E-state index in [0.29, 0.717) is 6.61 Å². The Kier molecular flexibility index (Phi) is 5.45. The summed E-state index contributed by atoms with van der Waals surface area (Å²) >= 11 is 5.98. The zero-order valence-corrected chi connectivity index (χ0v) is 12.4. The van der Waals surface area contributed by atoms with Crippen molar-refractivity contribution in [1.82, 2.24) is 0 Å². The van der Waals surface area contributed by atoms with E-state index in [0.717, 1.165) is 23.6 Å². The minimum atomic E-state index is 0.0893. The van der Waals surface area contributed by atoms with Crippen LogP contribution in [0.4, 0.5) is 0 Å². The number of halogens is 1. The van der Waals surface area contributed by atoms with Gasteiger partial charge in [0.15, 0.2) is 0 Å². The summed E-state index contributed by atoms with van der Waals surface area (Å²) < 4.78 is 5.43. The Balaban J connectivity index is 1.92. The highest BCUT2D eigenvalue weighted by atomic mass is 35.5. The molecule has 0 aliphatic heterocycles. The van der Waals surface area contributed by atoms with Crippen LogP contribution in [-0.2, 0) is 12.8 Å². The molecule has 0 amide bonds. The van der Waals surface area contributed by atoms with Gasteiger partial charge in [0.05, 0.1) is 6.61 Å². The van der Waals surface area contributed by atoms with Crippen molar-refractivity contribution in [1.29, 1.82) is 0 Å². The first-order valence-corrected chi connectivity index (χ1v) is 7.27. The van der Waals surface area contributed by atoms with E-state index in [-0.39, 0.29) is 6.04 Å². The smallest absolute Gasteiger partial charge is 0.119 e. The first-order valence-electron chi connectivity index (χ1n) is 6.89. The molecule has 0 bridgehead atoms. The minimum absolute atomic E-state index is 0.0893. The lowest BCUT2D eigenvalue weighted by atomic mass is 10.00. The molecule has 2 aromatic carbocycles. The Morgan fingerprint density at radius 1 is 1.05 bits per heavy atom. The largest absolute Gasteiger partial charge is 0.494 e. The fourth-order valence-electron chi connectivity index (χ4n) is 2.23. The molecule has 0 fully saturated rings. The highest BCUT2D eigenvalue weighted by molar-refractivity contribution is 6.30. The van der Waals surface area contributed by atoms with Crippen LogP contribution in [0.3, 0.4) is 0 Å². The lowest BCUT2D eigenvalue weighted by molar-refractivity contribution is 0.340. The number of hydrogen-bond donors (Lipinski definition) is 1. The van der Waals surface area contributed by atoms with Crippen LogP contribution in [0.25, 0.3) is 0 Å². The van der Waals surface area contributed by atoms with E-state index >= 15 is 0 Å². The highest BCUT2D eigenvalue weighted by Crippen LogP contribution is 2.16. The average molecular weight is 290 g/mol. The van der Waals surface area contributed by atoms with Gasteiger partial charge in [-0.05, 0) is 55.2 Å². The van der Waals surface area contributed by atoms with Gasteiger partial charge in [0.2, 0.25) is 0 Å². The van der Waals surface area contributed by atoms with Crippen molar-refractivity contribution < 1.29 is 4.74 Å². The number of ether oxygens (including phenoxy) is 1. The molecule has 1 unspecified atom stereocenters. The van der Waals surface area contributed by atoms with Gasteiger partial charge in [-0.3, -0.25) is 0 Å². The summed E-state index contributed by atoms with van der Waals surface area (Å²) in [5, 5.41) is 0.760. The molecular weight excluding hydrogens is 270 g/mol. The molecule has 2 nitrogen and oxygen atoms in total. The van der Waals surface area contributed by atoms with E-state index in [1.54, 1.807) is 0 Å². The Bertz CT molecular complexity index is 539. The van der Waals surface area contributed by atoms with Crippen molar-refractivity contribution in [2.24, 2.45) is 5.73 Å². The fraction of sp³-hybridized carbons (Fsp3) is 0.294. The monoisotopic (exact) mass is 289 g/mol. The molecule has 0 aliphatic rings. The van der Waals surface area contributed by atoms with Crippen LogP contribution >= 0.6 is 11.6 Å². The molecule has 0 spiro atoms. The van der Waals surface area contributed by atoms with Gasteiger partial charge >= 0.3 is 0 Å². The van der Waals surface area contributed by atoms with Crippen LogP contribution in [0.5, 0.6) is 5.75 Å². The van der Waals surface area contributed by atoms with Gasteiger partial charge < -0.3 is 10.5 Å². The molecule has 2 aromatic rings. The van der Waals surface area contributed by atoms with Gasteiger partial charge in [0.1, 0.15) is 5.75 Å². The van der Waals surface area contributed by atoms with Crippen LogP contribution in [0, 0.1) is 0 Å². The molecule has 0 saturated carbocycles. The van der Waals surface area contributed by atoms with E-state index < -0.39 is 0 Å². The molecule has 0 heterocycles. The first-order chi connectivity index (χ1) is 9.67. The molecule has 20 heavy (non-hydrogen) atoms. The van der Waals surface area contributed by atoms with Crippen molar-refractivity contribution >= 4 is 11.6 Å². The second kappa shape index (κ2) is 7.32. The maximum atomic E-state index is 6.21. The average Bonchev–Trinajstić information content (AvgIpc) is 2.41. The molecule has 106 valence electrons. The Hall–Kier alpha value is -1.51. The minimum Gasteiger partial charge on any atom is -0.494 e. The Labute approximate surface area is 125 Å². The van der Waals surface area contributed by atoms with Crippen LogP contribution < -0.4 is 10.5 Å². The van der Waals surface area contributed by atoms with Crippen LogP contribution in [-0.4, -0.2) is 12.6 Å². The third kappa shape index (κ3) is 4.55. The number of rotatable bonds is 6. The number of nitrogens with two attached hydrogens (primary N) is 1. The zero-order chi connectivity index (χ0) is 14.4. The van der Waals surface area contributed by atoms with Crippen LogP contribution in [0.2, 0.25) is 5.02 Å². The normalized spacial score (nSPS) is 12.2. The maximum absolute atomic E-state index is 6.21. The molecule has 2 N–H and O–H groups in total. The molecule has 1 atom stereocenters. The summed E-state index contributed by atoms with van der Waals surface area (Å²) in [6.07, 6.45) is 1.67. The molecule has 0 radical (unpaired) electrons. The molecule has 3 heteroatoms. The van der Waals surface area contributed by atoms with E-state index in [9.17, 15) is 0 Å². The standard InChI is InChI=1S/C17H20ClNO/c1-2-20-17-8-6-13(7-9-17)11-16(19)12-14-4-3-5-15(18)10-14/h3-10,16H,2,11-12,19H2,1H3. The summed E-state index contributed by atoms with van der Waals surface area (Å²) in [6, 6.07) is 16.1. The second-order valence-corrected chi connectivity index (χ2v) is 5.31. The molecule has 0 saturated heterocycles. The fourth-order valence-corrected chi connectivity index (χ4v) is 2.44. The van der Waals surface area contributed by atoms with E-state index in [1.165, 1.54) is 11.1 Å². The quantitative estimate of drug-likeness (QED) is 0.876. The van der Waals surface area contributed by atoms with Crippen molar-refractivity contribution in [3.63, 3.8) is 0 Å². The summed E-state index contributed by atoms with van der Waals surface area (Å²) in [4.78, 5) is 0. The summed E-state index contributed by atoms with van der Waals surface area (Å²) in [6.45, 7) is 2.67. The molecule has 0 aliphatic carbocycles. The summed E-state index contributed by atoms with van der Waals surface area (Å²) in [5.74, 6) is 0.902. The summed E-state index contributed by atoms with van der Waals surface area (Å²) in [7, 11) is 0. The van der Waals surface area contributed by atoms with Crippen LogP contribution in [0.15, 0.2) is 48.5 Å². The van der Waals surface area contributed by atoms with Gasteiger partial charge in [-0.2, -0.15) is 0 Å². The van der Waals surface area contributed by atoms with Gasteiger partial charge in [0.25, 0.3) is 0 Å². The van der Waals surface area contributed by atoms with Crippen molar-refractivity contribution in [3.8, 4) is 5.75 Å². The van der Waals surface area contributed by atoms with Crippen LogP contribution in [0.1, 0.15) is 18.1 Å². The second-order valence-electron chi connectivity index (χ2n) is 4.88. The van der Waals surface area contributed by atoms with Gasteiger partial charge in [-0.15, -0.1) is 0 Å². The topological polar surface area (TPSA) is 35.2 Å². The van der Waals surface area contributed by atoms with E-state index in [4.69, 9.17) is 22.1 Å². The predicted molar refractivity (Wildman–Crippen MR) is 84.4 cm³/mol. The predicted octanol–water partition coefficient (Wildman–Crippen LogP) is 3.85. The van der Waals surface area contributed by atoms with Gasteiger partial charge in [-0.25, -0.2) is 0 Å². The first kappa shape index (κ1) is 14.9. The lowest BCUT2D eigenvalue weighted by Crippen LogP contribution is -2.25. The van der Waals surface area contributed by atoms with E-state index in [2.05, 4.69) is 18.2 Å². The SMILES string of the molecule is CCOc1ccc(CC(N)Cc2cccc(Cl)c2)cc1. The van der Waals surface area contributed by atoms with Crippen molar-refractivity contribution in [2.45, 2.75) is 25.8 Å². The van der Waals surface area contributed by atoms with Crippen molar-refractivity contribution in [3.05, 3.63) is 64.7 Å². The van der Waals surface area contributed by atoms with Gasteiger partial charge in [0, 0.05) is 11.1 Å². The third-order valence-corrected chi connectivity index (χ3v) is 3.35. The lowest BCUT2D eigenvalue weighted by Gasteiger charge is -2.12. The third-order valence-electron chi connectivity index (χ3n) is 3.12. The number of benzene rings is 2. The highest BCUT2D eigenvalue weighted by Gasteiger charge is 2.06. The van der Waals surface area contributed by atoms with Gasteiger partial charge in [-0.1, -0.05) is 35.9 Å². The molecule has 0 aromatic heterocycles. The molecular formula is C17H20ClNO. The Morgan fingerprint density at radius 3 is 2.40 bits per heavy atom. The summed E-state index contributed by atoms with van der Waals surface area (Å²) in [5.41, 5.74) is 8.61. The maximum Gasteiger partial charge on any atom is 0.119 e. The van der Waals surface area contributed by atoms with Crippen molar-refractivity contribution in [2.75, 3.05) is 6.61 Å². The Morgan fingerprint density at radius 2 is 1.75 bits per heavy atom. The van der Waals surface area contributed by atoms with E-state index in [1.807, 2.05) is 37.3 Å². The zero-order valence-electron chi connectivity index (χ0n) is 11.7. The molecule has 2 rings (SSSR count).